The van der Waals surface area contributed by atoms with Gasteiger partial charge in [0.1, 0.15) is 12.3 Å². The molecule has 137 heavy (non-hydrogen) atoms. The van der Waals surface area contributed by atoms with Crippen molar-refractivity contribution in [3.63, 3.8) is 0 Å². The molecule has 6 aromatic heterocycles. The molecule has 7 heterocycles. The van der Waals surface area contributed by atoms with Gasteiger partial charge < -0.3 is 32.3 Å². The number of hydrogen-bond acceptors (Lipinski definition) is 3. The van der Waals surface area contributed by atoms with Crippen LogP contribution in [-0.4, -0.2) is 27.4 Å². The number of fused-ring (bicyclic) bond motifs is 19. The van der Waals surface area contributed by atoms with Crippen LogP contribution in [-0.2, 0) is 0 Å². The highest BCUT2D eigenvalue weighted by atomic mass is 15.6. The van der Waals surface area contributed by atoms with Gasteiger partial charge in [0.2, 0.25) is 0 Å². The summed E-state index contributed by atoms with van der Waals surface area (Å²) in [4.78, 5) is 2.44. The quantitative estimate of drug-likeness (QED) is 0.136. The molecule has 2 N–H and O–H groups in total. The van der Waals surface area contributed by atoms with E-state index < -0.39 is 0 Å². The van der Waals surface area contributed by atoms with E-state index in [0.717, 1.165) is 0 Å². The third-order valence-corrected chi connectivity index (χ3v) is 27.8. The highest BCUT2D eigenvalue weighted by Gasteiger charge is 2.36. The third kappa shape index (κ3) is 14.2. The van der Waals surface area contributed by atoms with Crippen LogP contribution in [0.4, 0.5) is 5.69 Å². The van der Waals surface area contributed by atoms with Gasteiger partial charge in [-0.25, -0.2) is 10.9 Å². The van der Waals surface area contributed by atoms with Crippen molar-refractivity contribution >= 4 is 147 Å². The molecule has 28 rings (SSSR count). The molecule has 0 aliphatic carbocycles. The van der Waals surface area contributed by atoms with E-state index in [-0.39, 0.29) is 12.3 Å². The predicted octanol–water partition coefficient (Wildman–Crippen LogP) is 32.7. The number of anilines is 1. The van der Waals surface area contributed by atoms with Crippen molar-refractivity contribution in [1.82, 2.24) is 38.3 Å². The van der Waals surface area contributed by atoms with Gasteiger partial charge in [0, 0.05) is 110 Å². The van der Waals surface area contributed by atoms with Crippen molar-refractivity contribution in [3.05, 3.63) is 526 Å². The highest BCUT2D eigenvalue weighted by molar-refractivity contribution is 6.15. The lowest BCUT2D eigenvalue weighted by molar-refractivity contribution is 0.555. The standard InChI is InChI=1S/C38H28N2.C36H24N2.C30H20N2.C24H21N3/c1-25-23-27(39-35-15-7-3-11-31(35)32-12-4-8-16-36(32)39)19-21-29(25)30-22-20-28(24-26(30)2)40-37-17-9-5-13-33(37)34-14-6-10-18-38(34)40;1-5-13-33-29(9-1)30-10-2-6-14-34(30)37(33)27-21-17-25(18-22-27)26-19-23-28(24-20-26)38-35-15-7-3-11-31(35)32-12-4-8-16-36(32)38;1-5-16-27-23(12-1)24-13-2-6-17-28(24)31(27)21-10-9-11-22(20-21)32-29-18-7-3-14-25(29)26-15-4-8-19-30(26)32;1-3-11-19(12-4-1)23-25-26-24(20-13-5-2-6-14-20)27(23)22-17-9-15-18-10-7-8-16-21(18)22/h3-24H,1-2H3;1-24H;1-20H;1-17,23-26H. The van der Waals surface area contributed by atoms with Gasteiger partial charge >= 0.3 is 0 Å². The van der Waals surface area contributed by atoms with E-state index in [1.54, 1.807) is 0 Å². The number of para-hydroxylation sites is 12. The molecule has 2 atom stereocenters. The van der Waals surface area contributed by atoms with Gasteiger partial charge in [-0.1, -0.05) is 358 Å². The van der Waals surface area contributed by atoms with Gasteiger partial charge in [-0.3, -0.25) is 0 Å². The number of rotatable bonds is 11. The van der Waals surface area contributed by atoms with E-state index in [0.29, 0.717) is 0 Å². The Morgan fingerprint density at radius 3 is 0.650 bits per heavy atom. The number of nitrogens with zero attached hydrogens (tertiary/aromatic N) is 7. The SMILES string of the molecule is Cc1cc(-n2c3ccccc3c3ccccc32)ccc1-c1ccc(-n2c3ccccc3c3ccccc32)cc1C.c1cc(-n2c3ccccc3c3ccccc32)cc(-n2c3ccccc3c3ccccc32)c1.c1ccc(C2NNC(c3ccccc3)N2c2cccc3ccccc23)cc1.c1ccc2c(c1)c1ccccc1n2-c1ccc(-c2ccc(-n3c4ccccc4c4ccccc43)cc2)cc1. The fourth-order valence-electron chi connectivity index (χ4n) is 21.7. The molecule has 0 spiro atoms. The van der Waals surface area contributed by atoms with Gasteiger partial charge in [0.25, 0.3) is 0 Å². The van der Waals surface area contributed by atoms with Crippen molar-refractivity contribution < 1.29 is 0 Å². The molecular formula is C128H93N9. The van der Waals surface area contributed by atoms with E-state index in [1.165, 1.54) is 226 Å². The molecule has 9 heteroatoms. The maximum atomic E-state index is 3.51. The smallest absolute Gasteiger partial charge is 0.120 e. The molecule has 27 aromatic rings. The summed E-state index contributed by atoms with van der Waals surface area (Å²) in [5.74, 6) is 0. The molecule has 1 saturated heterocycles. The molecule has 9 nitrogen and oxygen atoms in total. The summed E-state index contributed by atoms with van der Waals surface area (Å²) in [6, 6.07) is 181. The molecular weight excluding hydrogens is 1660 g/mol. The van der Waals surface area contributed by atoms with Crippen LogP contribution in [0.5, 0.6) is 0 Å². The van der Waals surface area contributed by atoms with Gasteiger partial charge in [-0.15, -0.1) is 0 Å². The normalized spacial score (nSPS) is 13.3. The number of hydrogen-bond donors (Lipinski definition) is 2. The average Bonchev–Trinajstić information content (AvgIpc) is 1.58. The Bertz CT molecular complexity index is 8470. The molecule has 1 fully saturated rings. The molecule has 0 radical (unpaired) electrons. The van der Waals surface area contributed by atoms with Crippen LogP contribution >= 0.6 is 0 Å². The van der Waals surface area contributed by atoms with Crippen LogP contribution in [0.1, 0.15) is 34.6 Å². The Hall–Kier alpha value is -17.6. The average molecular weight is 1760 g/mol. The Morgan fingerprint density at radius 1 is 0.168 bits per heavy atom. The van der Waals surface area contributed by atoms with Gasteiger partial charge in [-0.05, 0) is 209 Å². The third-order valence-electron chi connectivity index (χ3n) is 27.8. The fraction of sp³-hybridized carbons (Fsp3) is 0.0312. The largest absolute Gasteiger partial charge is 0.329 e. The topological polar surface area (TPSA) is 56.9 Å². The molecule has 650 valence electrons. The van der Waals surface area contributed by atoms with E-state index in [2.05, 4.69) is 561 Å². The Morgan fingerprint density at radius 2 is 0.380 bits per heavy atom. The second kappa shape index (κ2) is 34.5. The van der Waals surface area contributed by atoms with Crippen molar-refractivity contribution in [2.45, 2.75) is 26.2 Å². The molecule has 21 aromatic carbocycles. The number of hydrazine groups is 1. The summed E-state index contributed by atoms with van der Waals surface area (Å²) < 4.78 is 14.3. The lowest BCUT2D eigenvalue weighted by atomic mass is 9.95. The van der Waals surface area contributed by atoms with Crippen LogP contribution in [0.3, 0.4) is 0 Å². The van der Waals surface area contributed by atoms with Crippen LogP contribution < -0.4 is 15.8 Å². The molecule has 1 aliphatic rings. The zero-order valence-electron chi connectivity index (χ0n) is 75.7. The van der Waals surface area contributed by atoms with Crippen LogP contribution in [0.2, 0.25) is 0 Å². The maximum Gasteiger partial charge on any atom is 0.120 e. The fourth-order valence-corrected chi connectivity index (χ4v) is 21.7. The number of benzene rings is 21. The molecule has 0 amide bonds. The highest BCUT2D eigenvalue weighted by Crippen LogP contribution is 2.45. The molecule has 1 aliphatic heterocycles. The monoisotopic (exact) mass is 1760 g/mol. The lowest BCUT2D eigenvalue weighted by Crippen LogP contribution is -2.29. The number of nitrogens with one attached hydrogen (secondary N) is 2. The summed E-state index contributed by atoms with van der Waals surface area (Å²) in [7, 11) is 0. The summed E-state index contributed by atoms with van der Waals surface area (Å²) in [5, 5.41) is 17.9. The van der Waals surface area contributed by atoms with E-state index in [1.807, 2.05) is 0 Å². The first-order valence-electron chi connectivity index (χ1n) is 47.2. The zero-order valence-corrected chi connectivity index (χ0v) is 75.7. The van der Waals surface area contributed by atoms with Crippen LogP contribution in [0, 0.1) is 13.8 Å². The first-order valence-corrected chi connectivity index (χ1v) is 47.2. The molecule has 0 bridgehead atoms. The zero-order chi connectivity index (χ0) is 91.0. The first-order chi connectivity index (χ1) is 67.9. The molecule has 0 saturated carbocycles. The van der Waals surface area contributed by atoms with Crippen molar-refractivity contribution in [3.8, 4) is 56.4 Å². The minimum Gasteiger partial charge on any atom is -0.329 e. The van der Waals surface area contributed by atoms with Crippen molar-refractivity contribution in [1.29, 1.82) is 0 Å². The van der Waals surface area contributed by atoms with Crippen molar-refractivity contribution in [2.75, 3.05) is 4.90 Å². The van der Waals surface area contributed by atoms with E-state index in [9.17, 15) is 0 Å². The summed E-state index contributed by atoms with van der Waals surface area (Å²) in [6.07, 6.45) is 0.0874. The number of aromatic nitrogens is 6. The lowest BCUT2D eigenvalue weighted by Gasteiger charge is -2.32. The summed E-state index contributed by atoms with van der Waals surface area (Å²) in [6.45, 7) is 4.46. The predicted molar refractivity (Wildman–Crippen MR) is 577 cm³/mol. The van der Waals surface area contributed by atoms with Gasteiger partial charge in [0.15, 0.2) is 0 Å². The molecule has 2 unspecified atom stereocenters. The second-order valence-corrected chi connectivity index (χ2v) is 35.7. The number of aryl methyl sites for hydroxylation is 2. The van der Waals surface area contributed by atoms with Crippen LogP contribution in [0.25, 0.3) is 198 Å². The van der Waals surface area contributed by atoms with Crippen LogP contribution in [0.15, 0.2) is 504 Å². The maximum absolute atomic E-state index is 3.51. The van der Waals surface area contributed by atoms with E-state index >= 15 is 0 Å². The van der Waals surface area contributed by atoms with Gasteiger partial charge in [0.05, 0.1) is 66.2 Å². The van der Waals surface area contributed by atoms with E-state index in [4.69, 9.17) is 0 Å². The minimum atomic E-state index is 0.0437. The Balaban J connectivity index is 0.0000000980. The summed E-state index contributed by atoms with van der Waals surface area (Å²) >= 11 is 0. The first kappa shape index (κ1) is 81.4. The minimum absolute atomic E-state index is 0.0437. The Kier molecular flexibility index (Phi) is 20.5. The Labute approximate surface area is 793 Å². The second-order valence-electron chi connectivity index (χ2n) is 35.7. The van der Waals surface area contributed by atoms with Crippen molar-refractivity contribution in [2.24, 2.45) is 0 Å². The summed E-state index contributed by atoms with van der Waals surface area (Å²) in [5.41, 5.74) is 40.1. The van der Waals surface area contributed by atoms with Gasteiger partial charge in [-0.2, -0.15) is 0 Å².